The summed E-state index contributed by atoms with van der Waals surface area (Å²) in [7, 11) is 0. The van der Waals surface area contributed by atoms with Gasteiger partial charge in [0, 0.05) is 19.5 Å². The Morgan fingerprint density at radius 2 is 1.89 bits per heavy atom. The van der Waals surface area contributed by atoms with E-state index in [0.717, 1.165) is 17.5 Å². The first-order valence-corrected chi connectivity index (χ1v) is 9.62. The van der Waals surface area contributed by atoms with Crippen molar-refractivity contribution in [2.45, 2.75) is 39.8 Å². The number of benzene rings is 1. The van der Waals surface area contributed by atoms with Gasteiger partial charge in [0.15, 0.2) is 5.76 Å². The topological polar surface area (TPSA) is 68.2 Å². The molecule has 27 heavy (non-hydrogen) atoms. The number of nitrogens with zero attached hydrogens (tertiary/aromatic N) is 1. The zero-order valence-corrected chi connectivity index (χ0v) is 16.1. The fraction of sp³-hybridized carbons (Fsp3) is 0.571. The van der Waals surface area contributed by atoms with Crippen LogP contribution in [0.25, 0.3) is 0 Å². The first-order chi connectivity index (χ1) is 13.1. The highest BCUT2D eigenvalue weighted by molar-refractivity contribution is 5.91. The fourth-order valence-electron chi connectivity index (χ4n) is 3.25. The average molecular weight is 375 g/mol. The number of ether oxygens (including phenoxy) is 3. The van der Waals surface area contributed by atoms with Crippen molar-refractivity contribution in [1.82, 2.24) is 4.90 Å². The standard InChI is InChI=1S/C21H29NO5/c1-15(2)18-11-19(21(24)22-7-9-25-10-8-22)27-20(12-18)26-14-17-5-3-16(13-23)4-6-17/h3-6,11,15,18,20,23H,7-10,12-14H2,1-2H3/t18-,20+/m0/s1. The van der Waals surface area contributed by atoms with Crippen molar-refractivity contribution in [2.75, 3.05) is 26.3 Å². The maximum absolute atomic E-state index is 12.8. The number of hydrogen-bond acceptors (Lipinski definition) is 5. The molecule has 0 bridgehead atoms. The van der Waals surface area contributed by atoms with Gasteiger partial charge in [0.05, 0.1) is 26.4 Å². The molecule has 0 aliphatic carbocycles. The molecule has 6 heteroatoms. The van der Waals surface area contributed by atoms with Crippen LogP contribution in [0.15, 0.2) is 36.1 Å². The Balaban J connectivity index is 1.63. The van der Waals surface area contributed by atoms with Crippen molar-refractivity contribution in [3.05, 3.63) is 47.2 Å². The molecule has 0 unspecified atom stereocenters. The summed E-state index contributed by atoms with van der Waals surface area (Å²) in [5.74, 6) is 0.948. The molecule has 1 N–H and O–H groups in total. The van der Waals surface area contributed by atoms with Crippen LogP contribution in [0.3, 0.4) is 0 Å². The highest BCUT2D eigenvalue weighted by atomic mass is 16.7. The summed E-state index contributed by atoms with van der Waals surface area (Å²) < 4.78 is 17.2. The Bertz CT molecular complexity index is 649. The zero-order chi connectivity index (χ0) is 19.2. The van der Waals surface area contributed by atoms with Gasteiger partial charge in [-0.1, -0.05) is 38.1 Å². The molecule has 1 amide bonds. The van der Waals surface area contributed by atoms with Gasteiger partial charge < -0.3 is 24.2 Å². The molecule has 148 valence electrons. The molecule has 3 rings (SSSR count). The molecule has 0 radical (unpaired) electrons. The van der Waals surface area contributed by atoms with Gasteiger partial charge >= 0.3 is 0 Å². The van der Waals surface area contributed by atoms with Gasteiger partial charge in [0.1, 0.15) is 0 Å². The predicted molar refractivity (Wildman–Crippen MR) is 100 cm³/mol. The first kappa shape index (κ1) is 19.9. The summed E-state index contributed by atoms with van der Waals surface area (Å²) in [6.07, 6.45) is 2.24. The number of aliphatic hydroxyl groups excluding tert-OH is 1. The summed E-state index contributed by atoms with van der Waals surface area (Å²) in [5, 5.41) is 9.13. The maximum atomic E-state index is 12.8. The molecule has 0 spiro atoms. The number of carbonyl (C=O) groups is 1. The van der Waals surface area contributed by atoms with Gasteiger partial charge in [-0.3, -0.25) is 4.79 Å². The van der Waals surface area contributed by atoms with Crippen molar-refractivity contribution in [2.24, 2.45) is 11.8 Å². The fourth-order valence-corrected chi connectivity index (χ4v) is 3.25. The van der Waals surface area contributed by atoms with Crippen LogP contribution in [0.2, 0.25) is 0 Å². The van der Waals surface area contributed by atoms with E-state index in [2.05, 4.69) is 13.8 Å². The summed E-state index contributed by atoms with van der Waals surface area (Å²) in [6, 6.07) is 7.63. The number of aliphatic hydroxyl groups is 1. The van der Waals surface area contributed by atoms with Gasteiger partial charge in [0.25, 0.3) is 5.91 Å². The molecular weight excluding hydrogens is 346 g/mol. The third kappa shape index (κ3) is 5.31. The lowest BCUT2D eigenvalue weighted by atomic mass is 9.90. The van der Waals surface area contributed by atoms with E-state index in [1.165, 1.54) is 0 Å². The first-order valence-electron chi connectivity index (χ1n) is 9.62. The lowest BCUT2D eigenvalue weighted by Gasteiger charge is -2.34. The van der Waals surface area contributed by atoms with Crippen molar-refractivity contribution < 1.29 is 24.1 Å². The lowest BCUT2D eigenvalue weighted by molar-refractivity contribution is -0.161. The van der Waals surface area contributed by atoms with Crippen molar-refractivity contribution in [3.8, 4) is 0 Å². The molecule has 2 aliphatic heterocycles. The molecule has 0 aromatic heterocycles. The Morgan fingerprint density at radius 1 is 1.22 bits per heavy atom. The smallest absolute Gasteiger partial charge is 0.288 e. The lowest BCUT2D eigenvalue weighted by Crippen LogP contribution is -2.43. The molecule has 1 aromatic carbocycles. The van der Waals surface area contributed by atoms with E-state index >= 15 is 0 Å². The predicted octanol–water partition coefficient (Wildman–Crippen LogP) is 2.46. The Labute approximate surface area is 160 Å². The number of hydrogen-bond donors (Lipinski definition) is 1. The van der Waals surface area contributed by atoms with E-state index < -0.39 is 6.29 Å². The summed E-state index contributed by atoms with van der Waals surface area (Å²) in [5.41, 5.74) is 1.88. The second kappa shape index (κ2) is 9.35. The van der Waals surface area contributed by atoms with Crippen LogP contribution < -0.4 is 0 Å². The molecule has 0 saturated carbocycles. The quantitative estimate of drug-likeness (QED) is 0.827. The van der Waals surface area contributed by atoms with E-state index in [4.69, 9.17) is 19.3 Å². The van der Waals surface area contributed by atoms with E-state index in [0.29, 0.717) is 44.6 Å². The van der Waals surface area contributed by atoms with Crippen LogP contribution in [0.5, 0.6) is 0 Å². The largest absolute Gasteiger partial charge is 0.459 e. The Kier molecular flexibility index (Phi) is 6.88. The monoisotopic (exact) mass is 375 g/mol. The Morgan fingerprint density at radius 3 is 2.52 bits per heavy atom. The third-order valence-corrected chi connectivity index (χ3v) is 5.10. The van der Waals surface area contributed by atoms with Crippen LogP contribution in [0, 0.1) is 11.8 Å². The van der Waals surface area contributed by atoms with Gasteiger partial charge in [-0.2, -0.15) is 0 Å². The van der Waals surface area contributed by atoms with Crippen LogP contribution in [-0.2, 0) is 32.2 Å². The summed E-state index contributed by atoms with van der Waals surface area (Å²) in [6.45, 7) is 7.04. The van der Waals surface area contributed by atoms with Gasteiger partial charge in [-0.15, -0.1) is 0 Å². The van der Waals surface area contributed by atoms with Crippen LogP contribution in [0.1, 0.15) is 31.4 Å². The number of rotatable bonds is 6. The van der Waals surface area contributed by atoms with E-state index in [1.807, 2.05) is 30.3 Å². The minimum Gasteiger partial charge on any atom is -0.459 e. The van der Waals surface area contributed by atoms with Crippen LogP contribution in [-0.4, -0.2) is 48.5 Å². The van der Waals surface area contributed by atoms with Crippen molar-refractivity contribution in [3.63, 3.8) is 0 Å². The number of allylic oxidation sites excluding steroid dienone is 1. The normalized spacial score (nSPS) is 23.1. The van der Waals surface area contributed by atoms with Crippen molar-refractivity contribution >= 4 is 5.91 Å². The third-order valence-electron chi connectivity index (χ3n) is 5.10. The second-order valence-corrected chi connectivity index (χ2v) is 7.41. The van der Waals surface area contributed by atoms with Crippen LogP contribution >= 0.6 is 0 Å². The zero-order valence-electron chi connectivity index (χ0n) is 16.1. The molecule has 1 aromatic rings. The molecular formula is C21H29NO5. The molecule has 2 heterocycles. The minimum atomic E-state index is -0.445. The van der Waals surface area contributed by atoms with E-state index in [1.54, 1.807) is 4.90 Å². The van der Waals surface area contributed by atoms with Gasteiger partial charge in [-0.05, 0) is 29.0 Å². The Hall–Kier alpha value is -1.89. The molecule has 6 nitrogen and oxygen atoms in total. The molecule has 2 aliphatic rings. The van der Waals surface area contributed by atoms with Gasteiger partial charge in [0.2, 0.25) is 6.29 Å². The average Bonchev–Trinajstić information content (AvgIpc) is 2.72. The second-order valence-electron chi connectivity index (χ2n) is 7.41. The summed E-state index contributed by atoms with van der Waals surface area (Å²) in [4.78, 5) is 14.6. The number of carbonyl (C=O) groups excluding carboxylic acids is 1. The number of morpholine rings is 1. The molecule has 1 saturated heterocycles. The molecule has 2 atom stereocenters. The summed E-state index contributed by atoms with van der Waals surface area (Å²) >= 11 is 0. The highest BCUT2D eigenvalue weighted by Crippen LogP contribution is 2.30. The van der Waals surface area contributed by atoms with Crippen molar-refractivity contribution in [1.29, 1.82) is 0 Å². The SMILES string of the molecule is CC(C)[C@H]1C=C(C(=O)N2CCOCC2)O[C@@H](OCc2ccc(CO)cc2)C1. The van der Waals surface area contributed by atoms with Gasteiger partial charge in [-0.25, -0.2) is 0 Å². The molecule has 1 fully saturated rings. The maximum Gasteiger partial charge on any atom is 0.288 e. The highest BCUT2D eigenvalue weighted by Gasteiger charge is 2.32. The minimum absolute atomic E-state index is 0.0285. The van der Waals surface area contributed by atoms with E-state index in [9.17, 15) is 4.79 Å². The van der Waals surface area contributed by atoms with E-state index in [-0.39, 0.29) is 18.4 Å². The number of amides is 1. The van der Waals surface area contributed by atoms with Crippen LogP contribution in [0.4, 0.5) is 0 Å².